The van der Waals surface area contributed by atoms with Gasteiger partial charge in [0.1, 0.15) is 0 Å². The molecule has 0 unspecified atom stereocenters. The smallest absolute Gasteiger partial charge is 0.335 e. The number of aromatic nitrogens is 1. The molecule has 0 atom stereocenters. The van der Waals surface area contributed by atoms with Gasteiger partial charge in [0.15, 0.2) is 5.76 Å². The van der Waals surface area contributed by atoms with E-state index in [-0.39, 0.29) is 5.56 Å². The number of hydrogen-bond donors (Lipinski definition) is 1. The molecule has 0 amide bonds. The molecule has 0 aliphatic rings. The number of carbonyl (C=O) groups is 1. The molecule has 4 rings (SSSR count). The van der Waals surface area contributed by atoms with Crippen molar-refractivity contribution < 1.29 is 14.3 Å². The van der Waals surface area contributed by atoms with Crippen molar-refractivity contribution in [2.45, 2.75) is 6.54 Å². The molecule has 0 aliphatic heterocycles. The molecule has 1 N–H and O–H groups in total. The second-order valence-corrected chi connectivity index (χ2v) is 7.47. The molecule has 0 saturated carbocycles. The molecule has 0 bridgehead atoms. The highest BCUT2D eigenvalue weighted by atomic mass is 16.4. The molecule has 0 fully saturated rings. The number of aromatic carboxylic acids is 1. The maximum Gasteiger partial charge on any atom is 0.335 e. The van der Waals surface area contributed by atoms with Gasteiger partial charge in [-0.1, -0.05) is 42.5 Å². The summed E-state index contributed by atoms with van der Waals surface area (Å²) in [5, 5.41) is 9.25. The van der Waals surface area contributed by atoms with E-state index >= 15 is 0 Å². The van der Waals surface area contributed by atoms with E-state index in [4.69, 9.17) is 4.42 Å². The van der Waals surface area contributed by atoms with Gasteiger partial charge in [0.05, 0.1) is 17.5 Å². The summed E-state index contributed by atoms with van der Waals surface area (Å²) in [4.78, 5) is 13.4. The molecule has 152 valence electrons. The standard InChI is InChI=1S/C25H24N2O3/c1-26(2)14-15-27-22(19-7-4-3-5-8-19)17-21(24(27)23-9-6-16-30-23)18-10-12-20(13-11-18)25(28)29/h3-13,16-17H,14-15H2,1-2H3,(H,28,29). The Morgan fingerprint density at radius 1 is 0.967 bits per heavy atom. The summed E-state index contributed by atoms with van der Waals surface area (Å²) in [6.07, 6.45) is 1.68. The fourth-order valence-electron chi connectivity index (χ4n) is 3.62. The number of carboxylic acids is 1. The molecule has 0 aliphatic carbocycles. The van der Waals surface area contributed by atoms with Crippen molar-refractivity contribution in [2.75, 3.05) is 20.6 Å². The zero-order valence-electron chi connectivity index (χ0n) is 17.1. The third-order valence-corrected chi connectivity index (χ3v) is 5.13. The molecule has 0 saturated heterocycles. The van der Waals surface area contributed by atoms with E-state index in [2.05, 4.69) is 41.8 Å². The summed E-state index contributed by atoms with van der Waals surface area (Å²) in [5.74, 6) is -0.144. The number of hydrogen-bond acceptors (Lipinski definition) is 3. The van der Waals surface area contributed by atoms with E-state index < -0.39 is 5.97 Å². The monoisotopic (exact) mass is 400 g/mol. The maximum atomic E-state index is 11.3. The molecule has 4 aromatic rings. The lowest BCUT2D eigenvalue weighted by Gasteiger charge is -2.16. The fourth-order valence-corrected chi connectivity index (χ4v) is 3.62. The van der Waals surface area contributed by atoms with Gasteiger partial charge in [-0.2, -0.15) is 0 Å². The third kappa shape index (κ3) is 3.93. The predicted molar refractivity (Wildman–Crippen MR) is 119 cm³/mol. The van der Waals surface area contributed by atoms with Crippen LogP contribution in [0.3, 0.4) is 0 Å². The number of carboxylic acid groups (broad SMARTS) is 1. The van der Waals surface area contributed by atoms with Crippen molar-refractivity contribution in [3.63, 3.8) is 0 Å². The molecule has 5 nitrogen and oxygen atoms in total. The molecule has 2 aromatic heterocycles. The second kappa shape index (κ2) is 8.43. The lowest BCUT2D eigenvalue weighted by atomic mass is 10.0. The zero-order valence-corrected chi connectivity index (χ0v) is 17.1. The minimum Gasteiger partial charge on any atom is -0.478 e. The highest BCUT2D eigenvalue weighted by Gasteiger charge is 2.21. The predicted octanol–water partition coefficient (Wildman–Crippen LogP) is 5.34. The minimum atomic E-state index is -0.929. The Balaban J connectivity index is 1.93. The van der Waals surface area contributed by atoms with Crippen LogP contribution in [-0.2, 0) is 6.54 Å². The molecular weight excluding hydrogens is 376 g/mol. The first-order chi connectivity index (χ1) is 14.5. The van der Waals surface area contributed by atoms with Gasteiger partial charge in [0.2, 0.25) is 0 Å². The largest absolute Gasteiger partial charge is 0.478 e. The number of likely N-dealkylation sites (N-methyl/N-ethyl adjacent to an activating group) is 1. The molecule has 5 heteroatoms. The van der Waals surface area contributed by atoms with Crippen molar-refractivity contribution in [3.8, 4) is 33.8 Å². The zero-order chi connectivity index (χ0) is 21.1. The molecule has 30 heavy (non-hydrogen) atoms. The fraction of sp³-hybridized carbons (Fsp3) is 0.160. The van der Waals surface area contributed by atoms with E-state index in [0.717, 1.165) is 46.9 Å². The number of furan rings is 1. The van der Waals surface area contributed by atoms with Gasteiger partial charge in [-0.3, -0.25) is 0 Å². The Kier molecular flexibility index (Phi) is 5.55. The average Bonchev–Trinajstić information content (AvgIpc) is 3.40. The third-order valence-electron chi connectivity index (χ3n) is 5.13. The van der Waals surface area contributed by atoms with Gasteiger partial charge >= 0.3 is 5.97 Å². The number of rotatable bonds is 7. The number of benzene rings is 2. The maximum absolute atomic E-state index is 11.3. The topological polar surface area (TPSA) is 58.6 Å². The highest BCUT2D eigenvalue weighted by Crippen LogP contribution is 2.39. The Morgan fingerprint density at radius 3 is 2.30 bits per heavy atom. The van der Waals surface area contributed by atoms with E-state index in [9.17, 15) is 9.90 Å². The average molecular weight is 400 g/mol. The van der Waals surface area contributed by atoms with Gasteiger partial charge in [-0.25, -0.2) is 4.79 Å². The number of nitrogens with zero attached hydrogens (tertiary/aromatic N) is 2. The summed E-state index contributed by atoms with van der Waals surface area (Å²) in [6, 6.07) is 23.3. The van der Waals surface area contributed by atoms with Crippen molar-refractivity contribution in [3.05, 3.63) is 84.6 Å². The second-order valence-electron chi connectivity index (χ2n) is 7.47. The van der Waals surface area contributed by atoms with Crippen LogP contribution in [0.25, 0.3) is 33.8 Å². The van der Waals surface area contributed by atoms with Crippen LogP contribution in [-0.4, -0.2) is 41.2 Å². The summed E-state index contributed by atoms with van der Waals surface area (Å²) >= 11 is 0. The van der Waals surface area contributed by atoms with Crippen LogP contribution in [0.2, 0.25) is 0 Å². The SMILES string of the molecule is CN(C)CCn1c(-c2ccccc2)cc(-c2ccc(C(=O)O)cc2)c1-c1ccco1. The van der Waals surface area contributed by atoms with Crippen LogP contribution in [0, 0.1) is 0 Å². The van der Waals surface area contributed by atoms with Crippen molar-refractivity contribution in [2.24, 2.45) is 0 Å². The van der Waals surface area contributed by atoms with E-state index in [1.807, 2.05) is 42.5 Å². The molecule has 2 aromatic carbocycles. The Morgan fingerprint density at radius 2 is 1.70 bits per heavy atom. The summed E-state index contributed by atoms with van der Waals surface area (Å²) in [7, 11) is 4.12. The van der Waals surface area contributed by atoms with Crippen LogP contribution in [0.1, 0.15) is 10.4 Å². The van der Waals surface area contributed by atoms with Gasteiger partial charge in [-0.15, -0.1) is 0 Å². The molecule has 0 spiro atoms. The van der Waals surface area contributed by atoms with Crippen LogP contribution >= 0.6 is 0 Å². The van der Waals surface area contributed by atoms with Crippen LogP contribution in [0.4, 0.5) is 0 Å². The molecule has 0 radical (unpaired) electrons. The Bertz CT molecular complexity index is 1130. The normalized spacial score (nSPS) is 11.2. The van der Waals surface area contributed by atoms with Crippen molar-refractivity contribution in [1.82, 2.24) is 9.47 Å². The van der Waals surface area contributed by atoms with Crippen LogP contribution in [0.5, 0.6) is 0 Å². The van der Waals surface area contributed by atoms with Gasteiger partial charge in [0, 0.05) is 24.3 Å². The first kappa shape index (κ1) is 19.7. The Hall–Kier alpha value is -3.57. The van der Waals surface area contributed by atoms with E-state index in [0.29, 0.717) is 0 Å². The first-order valence-electron chi connectivity index (χ1n) is 9.86. The summed E-state index contributed by atoms with van der Waals surface area (Å²) < 4.78 is 8.10. The summed E-state index contributed by atoms with van der Waals surface area (Å²) in [6.45, 7) is 1.67. The van der Waals surface area contributed by atoms with Crippen LogP contribution < -0.4 is 0 Å². The van der Waals surface area contributed by atoms with E-state index in [1.54, 1.807) is 18.4 Å². The minimum absolute atomic E-state index is 0.272. The lowest BCUT2D eigenvalue weighted by molar-refractivity contribution is 0.0697. The van der Waals surface area contributed by atoms with Crippen molar-refractivity contribution >= 4 is 5.97 Å². The Labute approximate surface area is 175 Å². The summed E-state index contributed by atoms with van der Waals surface area (Å²) in [5.41, 5.74) is 5.45. The highest BCUT2D eigenvalue weighted by molar-refractivity contribution is 5.90. The van der Waals surface area contributed by atoms with Crippen LogP contribution in [0.15, 0.2) is 83.5 Å². The van der Waals surface area contributed by atoms with Gasteiger partial charge < -0.3 is 19.0 Å². The van der Waals surface area contributed by atoms with E-state index in [1.165, 1.54) is 0 Å². The molecular formula is C25H24N2O3. The van der Waals surface area contributed by atoms with Crippen molar-refractivity contribution in [1.29, 1.82) is 0 Å². The quantitative estimate of drug-likeness (QED) is 0.455. The van der Waals surface area contributed by atoms with Gasteiger partial charge in [-0.05, 0) is 55.6 Å². The lowest BCUT2D eigenvalue weighted by Crippen LogP contribution is -2.19. The van der Waals surface area contributed by atoms with Gasteiger partial charge in [0.25, 0.3) is 0 Å². The first-order valence-corrected chi connectivity index (χ1v) is 9.86. The molecule has 2 heterocycles.